The summed E-state index contributed by atoms with van der Waals surface area (Å²) in [6.07, 6.45) is 2.04. The molecule has 2 aromatic heterocycles. The van der Waals surface area contributed by atoms with E-state index in [2.05, 4.69) is 15.0 Å². The summed E-state index contributed by atoms with van der Waals surface area (Å²) in [5, 5.41) is -0.0998. The Hall–Kier alpha value is -2.48. The summed E-state index contributed by atoms with van der Waals surface area (Å²) in [6.45, 7) is 5.30. The van der Waals surface area contributed by atoms with Crippen molar-refractivity contribution >= 4 is 23.6 Å². The summed E-state index contributed by atoms with van der Waals surface area (Å²) in [5.41, 5.74) is 0.496. The van der Waals surface area contributed by atoms with Gasteiger partial charge in [-0.25, -0.2) is 24.1 Å². The molecule has 0 fully saturated rings. The molecule has 9 heteroatoms. The molecule has 25 heavy (non-hydrogen) atoms. The fourth-order valence-electron chi connectivity index (χ4n) is 2.60. The third-order valence-corrected chi connectivity index (χ3v) is 3.80. The van der Waals surface area contributed by atoms with Gasteiger partial charge in [-0.2, -0.15) is 0 Å². The summed E-state index contributed by atoms with van der Waals surface area (Å²) < 4.78 is 19.3. The van der Waals surface area contributed by atoms with E-state index in [1.54, 1.807) is 20.8 Å². The molecular formula is C16H16ClFN4O3. The zero-order valence-electron chi connectivity index (χ0n) is 13.9. The Morgan fingerprint density at radius 1 is 1.44 bits per heavy atom. The van der Waals surface area contributed by atoms with Crippen LogP contribution in [0.4, 0.5) is 9.18 Å². The molecule has 0 atom stereocenters. The molecule has 1 aliphatic heterocycles. The predicted octanol–water partition coefficient (Wildman–Crippen LogP) is 3.20. The van der Waals surface area contributed by atoms with Gasteiger partial charge in [0, 0.05) is 12.7 Å². The Kier molecular flexibility index (Phi) is 4.24. The Morgan fingerprint density at radius 3 is 2.84 bits per heavy atom. The van der Waals surface area contributed by atoms with Crippen molar-refractivity contribution in [2.24, 2.45) is 0 Å². The van der Waals surface area contributed by atoms with E-state index in [1.807, 2.05) is 0 Å². The van der Waals surface area contributed by atoms with Crippen molar-refractivity contribution in [1.29, 1.82) is 0 Å². The maximum Gasteiger partial charge on any atom is 0.417 e. The lowest BCUT2D eigenvalue weighted by Crippen LogP contribution is -2.44. The molecule has 0 radical (unpaired) electrons. The lowest BCUT2D eigenvalue weighted by atomic mass is 10.0. The molecular weight excluding hydrogens is 351 g/mol. The van der Waals surface area contributed by atoms with Crippen molar-refractivity contribution in [3.63, 3.8) is 0 Å². The highest BCUT2D eigenvalue weighted by Gasteiger charge is 2.35. The van der Waals surface area contributed by atoms with Gasteiger partial charge in [-0.05, 0) is 44.4 Å². The minimum absolute atomic E-state index is 0.0141. The molecule has 0 aliphatic carbocycles. The Morgan fingerprint density at radius 2 is 2.16 bits per heavy atom. The summed E-state index contributed by atoms with van der Waals surface area (Å²) >= 11 is 5.73. The van der Waals surface area contributed by atoms with Crippen molar-refractivity contribution in [1.82, 2.24) is 19.9 Å². The first-order valence-corrected chi connectivity index (χ1v) is 7.98. The number of hydrogen-bond donors (Lipinski definition) is 1. The third-order valence-electron chi connectivity index (χ3n) is 3.61. The number of carbonyl (C=O) groups is 2. The minimum Gasteiger partial charge on any atom is -0.443 e. The molecule has 0 spiro atoms. The second kappa shape index (κ2) is 6.11. The number of nitrogens with one attached hydrogen (secondary N) is 1. The number of H-pyrrole nitrogens is 1. The minimum atomic E-state index is -0.707. The van der Waals surface area contributed by atoms with Crippen LogP contribution in [-0.2, 0) is 11.2 Å². The van der Waals surface area contributed by atoms with Gasteiger partial charge in [0.25, 0.3) is 5.91 Å². The van der Waals surface area contributed by atoms with Gasteiger partial charge in [-0.15, -0.1) is 0 Å². The number of nitrogens with zero attached hydrogens (tertiary/aromatic N) is 3. The van der Waals surface area contributed by atoms with Gasteiger partial charge in [0.15, 0.2) is 5.82 Å². The number of aromatic amines is 1. The van der Waals surface area contributed by atoms with Gasteiger partial charge in [-0.3, -0.25) is 4.79 Å². The van der Waals surface area contributed by atoms with Gasteiger partial charge in [0.1, 0.15) is 11.3 Å². The number of imide groups is 1. The summed E-state index contributed by atoms with van der Waals surface area (Å²) in [4.78, 5) is 36.1. The number of carbonyl (C=O) groups excluding carboxylic acids is 2. The molecule has 0 bridgehead atoms. The van der Waals surface area contributed by atoms with Crippen molar-refractivity contribution in [3.05, 3.63) is 34.6 Å². The normalized spacial score (nSPS) is 14.4. The van der Waals surface area contributed by atoms with Gasteiger partial charge in [0.2, 0.25) is 5.28 Å². The first kappa shape index (κ1) is 17.3. The van der Waals surface area contributed by atoms with Gasteiger partial charge < -0.3 is 9.72 Å². The molecule has 0 unspecified atom stereocenters. The van der Waals surface area contributed by atoms with Crippen LogP contribution in [-0.4, -0.2) is 44.0 Å². The van der Waals surface area contributed by atoms with Crippen LogP contribution in [0.25, 0.3) is 11.4 Å². The Labute approximate surface area is 148 Å². The second-order valence-electron chi connectivity index (χ2n) is 6.58. The molecule has 1 N–H and O–H groups in total. The fraction of sp³-hybridized carbons (Fsp3) is 0.375. The molecule has 1 aliphatic rings. The van der Waals surface area contributed by atoms with Crippen molar-refractivity contribution in [2.45, 2.75) is 32.8 Å². The molecule has 0 saturated heterocycles. The van der Waals surface area contributed by atoms with Gasteiger partial charge >= 0.3 is 6.09 Å². The van der Waals surface area contributed by atoms with Crippen molar-refractivity contribution in [3.8, 4) is 11.4 Å². The maximum absolute atomic E-state index is 14.0. The predicted molar refractivity (Wildman–Crippen MR) is 87.8 cm³/mol. The van der Waals surface area contributed by atoms with E-state index in [-0.39, 0.29) is 23.1 Å². The van der Waals surface area contributed by atoms with Crippen molar-refractivity contribution in [2.75, 3.05) is 6.54 Å². The van der Waals surface area contributed by atoms with Gasteiger partial charge in [-0.1, -0.05) is 0 Å². The lowest BCUT2D eigenvalue weighted by molar-refractivity contribution is 0.0234. The molecule has 3 rings (SSSR count). The lowest BCUT2D eigenvalue weighted by Gasteiger charge is -2.28. The molecule has 0 saturated carbocycles. The second-order valence-corrected chi connectivity index (χ2v) is 6.92. The van der Waals surface area contributed by atoms with E-state index in [4.69, 9.17) is 16.3 Å². The van der Waals surface area contributed by atoms with Crippen LogP contribution in [0.2, 0.25) is 5.28 Å². The number of aromatic nitrogens is 3. The molecule has 3 heterocycles. The molecule has 2 aromatic rings. The Bertz CT molecular complexity index is 860. The molecule has 132 valence electrons. The monoisotopic (exact) mass is 366 g/mol. The first-order chi connectivity index (χ1) is 11.7. The van der Waals surface area contributed by atoms with Crippen LogP contribution < -0.4 is 0 Å². The largest absolute Gasteiger partial charge is 0.443 e. The molecule has 0 aromatic carbocycles. The number of fused-ring (bicyclic) bond motifs is 1. The SMILES string of the molecule is CC(C)(C)OC(=O)N1CCc2c(c[nH]c2-c2nc(Cl)ncc2F)C1=O. The molecule has 2 amide bonds. The van der Waals surface area contributed by atoms with E-state index in [1.165, 1.54) is 6.20 Å². The van der Waals surface area contributed by atoms with E-state index < -0.39 is 23.4 Å². The number of hydrogen-bond acceptors (Lipinski definition) is 5. The van der Waals surface area contributed by atoms with Crippen LogP contribution in [0.5, 0.6) is 0 Å². The van der Waals surface area contributed by atoms with Crippen LogP contribution >= 0.6 is 11.6 Å². The summed E-state index contributed by atoms with van der Waals surface area (Å²) in [5.74, 6) is -1.16. The maximum atomic E-state index is 14.0. The number of ether oxygens (including phenoxy) is 1. The topological polar surface area (TPSA) is 88.2 Å². The molecule has 7 nitrogen and oxygen atoms in total. The zero-order chi connectivity index (χ0) is 18.4. The third kappa shape index (κ3) is 3.34. The van der Waals surface area contributed by atoms with E-state index in [0.717, 1.165) is 11.1 Å². The zero-order valence-corrected chi connectivity index (χ0v) is 14.6. The van der Waals surface area contributed by atoms with Gasteiger partial charge in [0.05, 0.1) is 17.5 Å². The average molecular weight is 367 g/mol. The summed E-state index contributed by atoms with van der Waals surface area (Å²) in [6, 6.07) is 0. The fourth-order valence-corrected chi connectivity index (χ4v) is 2.73. The van der Waals surface area contributed by atoms with E-state index in [9.17, 15) is 14.0 Å². The Balaban J connectivity index is 1.93. The first-order valence-electron chi connectivity index (χ1n) is 7.61. The summed E-state index contributed by atoms with van der Waals surface area (Å²) in [7, 11) is 0. The average Bonchev–Trinajstić information content (AvgIpc) is 2.93. The number of halogens is 2. The van der Waals surface area contributed by atoms with Crippen LogP contribution in [0.1, 0.15) is 36.7 Å². The standard InChI is InChI=1S/C16H16ClFN4O3/c1-16(2,3)25-15(24)22-5-4-8-9(13(22)23)6-19-11(8)12-10(18)7-20-14(17)21-12/h6-7,19H,4-5H2,1-3H3. The highest BCUT2D eigenvalue weighted by molar-refractivity contribution is 6.28. The number of rotatable bonds is 1. The highest BCUT2D eigenvalue weighted by atomic mass is 35.5. The van der Waals surface area contributed by atoms with Crippen LogP contribution in [0.3, 0.4) is 0 Å². The van der Waals surface area contributed by atoms with E-state index >= 15 is 0 Å². The van der Waals surface area contributed by atoms with E-state index in [0.29, 0.717) is 17.7 Å². The quantitative estimate of drug-likeness (QED) is 0.783. The van der Waals surface area contributed by atoms with Crippen molar-refractivity contribution < 1.29 is 18.7 Å². The number of amides is 2. The smallest absolute Gasteiger partial charge is 0.417 e. The van der Waals surface area contributed by atoms with Crippen LogP contribution in [0.15, 0.2) is 12.4 Å². The van der Waals surface area contributed by atoms with Crippen LogP contribution in [0, 0.1) is 5.82 Å². The highest BCUT2D eigenvalue weighted by Crippen LogP contribution is 2.31.